The highest BCUT2D eigenvalue weighted by molar-refractivity contribution is 5.35. The van der Waals surface area contributed by atoms with Crippen molar-refractivity contribution in [1.29, 1.82) is 5.26 Å². The van der Waals surface area contributed by atoms with Crippen LogP contribution in [0.4, 0.5) is 0 Å². The van der Waals surface area contributed by atoms with Gasteiger partial charge in [0.2, 0.25) is 0 Å². The van der Waals surface area contributed by atoms with E-state index in [0.717, 1.165) is 32.5 Å². The van der Waals surface area contributed by atoms with Crippen LogP contribution in [0.3, 0.4) is 0 Å². The summed E-state index contributed by atoms with van der Waals surface area (Å²) >= 11 is 0. The summed E-state index contributed by atoms with van der Waals surface area (Å²) in [5.41, 5.74) is 4.58. The first kappa shape index (κ1) is 11.7. The van der Waals surface area contributed by atoms with Gasteiger partial charge in [0.25, 0.3) is 0 Å². The van der Waals surface area contributed by atoms with E-state index in [4.69, 9.17) is 5.26 Å². The summed E-state index contributed by atoms with van der Waals surface area (Å²) in [6.07, 6.45) is 5.94. The number of fused-ring (bicyclic) bond motifs is 1. The van der Waals surface area contributed by atoms with Crippen molar-refractivity contribution in [3.05, 3.63) is 34.9 Å². The molecule has 0 saturated carbocycles. The van der Waals surface area contributed by atoms with Crippen LogP contribution in [-0.2, 0) is 19.4 Å². The molecular weight excluding hydrogens is 220 g/mol. The van der Waals surface area contributed by atoms with Crippen molar-refractivity contribution < 1.29 is 0 Å². The Balaban J connectivity index is 1.62. The maximum atomic E-state index is 8.90. The third-order valence-corrected chi connectivity index (χ3v) is 4.34. The summed E-state index contributed by atoms with van der Waals surface area (Å²) < 4.78 is 0. The van der Waals surface area contributed by atoms with Crippen LogP contribution >= 0.6 is 0 Å². The molecule has 1 heterocycles. The van der Waals surface area contributed by atoms with Crippen LogP contribution in [0.25, 0.3) is 0 Å². The minimum Gasteiger partial charge on any atom is -0.299 e. The Kier molecular flexibility index (Phi) is 3.34. The smallest absolute Gasteiger partial charge is 0.0656 e. The number of piperidine rings is 1. The second-order valence-corrected chi connectivity index (χ2v) is 5.64. The zero-order valence-corrected chi connectivity index (χ0v) is 10.9. The molecule has 1 aliphatic carbocycles. The highest BCUT2D eigenvalue weighted by Gasteiger charge is 2.19. The Morgan fingerprint density at radius 2 is 1.94 bits per heavy atom. The third-order valence-electron chi connectivity index (χ3n) is 4.34. The van der Waals surface area contributed by atoms with E-state index < -0.39 is 0 Å². The van der Waals surface area contributed by atoms with E-state index in [1.807, 2.05) is 0 Å². The molecule has 18 heavy (non-hydrogen) atoms. The fourth-order valence-corrected chi connectivity index (χ4v) is 3.20. The molecule has 0 atom stereocenters. The first-order valence-corrected chi connectivity index (χ1v) is 7.08. The number of nitrogens with zero attached hydrogens (tertiary/aromatic N) is 2. The predicted octanol–water partition coefficient (Wildman–Crippen LogP) is 2.91. The van der Waals surface area contributed by atoms with E-state index in [9.17, 15) is 0 Å². The van der Waals surface area contributed by atoms with Gasteiger partial charge in [-0.1, -0.05) is 18.2 Å². The maximum Gasteiger partial charge on any atom is 0.0656 e. The highest BCUT2D eigenvalue weighted by atomic mass is 15.1. The van der Waals surface area contributed by atoms with E-state index in [1.54, 1.807) is 11.1 Å². The molecule has 0 aromatic heterocycles. The van der Waals surface area contributed by atoms with E-state index in [-0.39, 0.29) is 0 Å². The fraction of sp³-hybridized carbons (Fsp3) is 0.562. The number of likely N-dealkylation sites (tertiary alicyclic amines) is 1. The summed E-state index contributed by atoms with van der Waals surface area (Å²) in [7, 11) is 0. The molecule has 1 fully saturated rings. The van der Waals surface area contributed by atoms with Crippen molar-refractivity contribution in [2.45, 2.75) is 38.6 Å². The van der Waals surface area contributed by atoms with E-state index in [0.29, 0.717) is 5.92 Å². The van der Waals surface area contributed by atoms with Crippen LogP contribution in [0.15, 0.2) is 18.2 Å². The second-order valence-electron chi connectivity index (χ2n) is 5.64. The SMILES string of the molecule is N#CC1CCN(Cc2ccc3c(c2)CCC3)CC1. The molecule has 0 amide bonds. The monoisotopic (exact) mass is 240 g/mol. The van der Waals surface area contributed by atoms with Gasteiger partial charge in [0.1, 0.15) is 0 Å². The zero-order chi connectivity index (χ0) is 12.4. The normalized spacial score (nSPS) is 20.6. The lowest BCUT2D eigenvalue weighted by atomic mass is 9.98. The van der Waals surface area contributed by atoms with Gasteiger partial charge in [0.05, 0.1) is 6.07 Å². The van der Waals surface area contributed by atoms with Gasteiger partial charge in [-0.25, -0.2) is 0 Å². The lowest BCUT2D eigenvalue weighted by Gasteiger charge is -2.29. The van der Waals surface area contributed by atoms with Crippen LogP contribution in [0.2, 0.25) is 0 Å². The van der Waals surface area contributed by atoms with Crippen molar-refractivity contribution >= 4 is 0 Å². The Labute approximate surface area is 109 Å². The number of hydrogen-bond acceptors (Lipinski definition) is 2. The van der Waals surface area contributed by atoms with Gasteiger partial charge in [-0.15, -0.1) is 0 Å². The Morgan fingerprint density at radius 1 is 1.17 bits per heavy atom. The molecule has 0 N–H and O–H groups in total. The van der Waals surface area contributed by atoms with Crippen LogP contribution in [0.1, 0.15) is 36.0 Å². The summed E-state index contributed by atoms with van der Waals surface area (Å²) in [4.78, 5) is 2.49. The molecule has 1 aliphatic heterocycles. The predicted molar refractivity (Wildman–Crippen MR) is 72.1 cm³/mol. The van der Waals surface area contributed by atoms with Gasteiger partial charge in [-0.05, 0) is 61.9 Å². The van der Waals surface area contributed by atoms with Gasteiger partial charge < -0.3 is 0 Å². The third kappa shape index (κ3) is 2.42. The molecule has 1 aromatic carbocycles. The maximum absolute atomic E-state index is 8.90. The molecule has 1 saturated heterocycles. The lowest BCUT2D eigenvalue weighted by molar-refractivity contribution is 0.198. The van der Waals surface area contributed by atoms with Gasteiger partial charge in [0.15, 0.2) is 0 Å². The van der Waals surface area contributed by atoms with Gasteiger partial charge in [0, 0.05) is 12.5 Å². The molecule has 2 heteroatoms. The largest absolute Gasteiger partial charge is 0.299 e. The average Bonchev–Trinajstić information content (AvgIpc) is 2.87. The van der Waals surface area contributed by atoms with Crippen LogP contribution in [0.5, 0.6) is 0 Å². The van der Waals surface area contributed by atoms with Crippen LogP contribution in [0, 0.1) is 17.2 Å². The first-order valence-electron chi connectivity index (χ1n) is 7.08. The molecule has 0 radical (unpaired) electrons. The van der Waals surface area contributed by atoms with E-state index in [2.05, 4.69) is 29.2 Å². The van der Waals surface area contributed by atoms with Gasteiger partial charge in [-0.3, -0.25) is 4.90 Å². The second kappa shape index (κ2) is 5.12. The first-order chi connectivity index (χ1) is 8.85. The molecular formula is C16H20N2. The van der Waals surface area contributed by atoms with Crippen LogP contribution < -0.4 is 0 Å². The Morgan fingerprint density at radius 3 is 2.72 bits per heavy atom. The molecule has 2 aliphatic rings. The van der Waals surface area contributed by atoms with Crippen molar-refractivity contribution in [2.24, 2.45) is 5.92 Å². The minimum absolute atomic E-state index is 0.293. The fourth-order valence-electron chi connectivity index (χ4n) is 3.20. The number of nitriles is 1. The zero-order valence-electron chi connectivity index (χ0n) is 10.9. The lowest BCUT2D eigenvalue weighted by Crippen LogP contribution is -2.32. The topological polar surface area (TPSA) is 27.0 Å². The molecule has 0 bridgehead atoms. The van der Waals surface area contributed by atoms with Crippen molar-refractivity contribution in [3.63, 3.8) is 0 Å². The molecule has 0 unspecified atom stereocenters. The summed E-state index contributed by atoms with van der Waals surface area (Å²) in [6.45, 7) is 3.22. The van der Waals surface area contributed by atoms with Gasteiger partial charge in [-0.2, -0.15) is 5.26 Å². The molecule has 3 rings (SSSR count). The standard InChI is InChI=1S/C16H20N2/c17-11-13-6-8-18(9-7-13)12-14-4-5-15-2-1-3-16(15)10-14/h4-5,10,13H,1-3,6-9,12H2. The summed E-state index contributed by atoms with van der Waals surface area (Å²) in [5.74, 6) is 0.293. The van der Waals surface area contributed by atoms with Crippen molar-refractivity contribution in [2.75, 3.05) is 13.1 Å². The molecule has 94 valence electrons. The molecule has 1 aromatic rings. The summed E-state index contributed by atoms with van der Waals surface area (Å²) in [6, 6.07) is 9.41. The Bertz CT molecular complexity index is 464. The number of aryl methyl sites for hydroxylation is 2. The Hall–Kier alpha value is -1.33. The number of hydrogen-bond donors (Lipinski definition) is 0. The van der Waals surface area contributed by atoms with E-state index in [1.165, 1.54) is 24.8 Å². The molecule has 0 spiro atoms. The van der Waals surface area contributed by atoms with Gasteiger partial charge >= 0.3 is 0 Å². The van der Waals surface area contributed by atoms with Crippen molar-refractivity contribution in [3.8, 4) is 6.07 Å². The summed E-state index contributed by atoms with van der Waals surface area (Å²) in [5, 5.41) is 8.90. The van der Waals surface area contributed by atoms with E-state index >= 15 is 0 Å². The van der Waals surface area contributed by atoms with Crippen LogP contribution in [-0.4, -0.2) is 18.0 Å². The van der Waals surface area contributed by atoms with Crippen molar-refractivity contribution in [1.82, 2.24) is 4.90 Å². The number of rotatable bonds is 2. The number of benzene rings is 1. The minimum atomic E-state index is 0.293. The average molecular weight is 240 g/mol. The highest BCUT2D eigenvalue weighted by Crippen LogP contribution is 2.24. The molecule has 2 nitrogen and oxygen atoms in total. The quantitative estimate of drug-likeness (QED) is 0.794.